The average molecular weight is 407 g/mol. The fourth-order valence-corrected chi connectivity index (χ4v) is 4.81. The highest BCUT2D eigenvalue weighted by molar-refractivity contribution is 7.99. The Hall–Kier alpha value is -0.420. The zero-order chi connectivity index (χ0) is 20.3. The minimum absolute atomic E-state index is 0.223. The Morgan fingerprint density at radius 1 is 1.30 bits per heavy atom. The minimum Gasteiger partial charge on any atom is -0.391 e. The molecule has 9 atom stereocenters. The van der Waals surface area contributed by atoms with Gasteiger partial charge in [-0.1, -0.05) is 13.3 Å². The van der Waals surface area contributed by atoms with E-state index in [9.17, 15) is 25.2 Å². The van der Waals surface area contributed by atoms with Crippen LogP contribution in [0.2, 0.25) is 0 Å². The zero-order valence-corrected chi connectivity index (χ0v) is 17.3. The average Bonchev–Trinajstić information content (AvgIpc) is 2.99. The molecule has 8 nitrogen and oxygen atoms in total. The maximum absolute atomic E-state index is 12.8. The summed E-state index contributed by atoms with van der Waals surface area (Å²) in [4.78, 5) is 14.9. The SMILES string of the molecule is CCC[C@@H]1C[C@@H](C(=O)N[C@@H](C2O[C@H](SC)[C@H](O)[C@@H](O)[C@H]2O)[C@@H](C)O)N(C)C1. The number of nitrogens with zero attached hydrogens (tertiary/aromatic N) is 1. The van der Waals surface area contributed by atoms with Crippen molar-refractivity contribution in [3.63, 3.8) is 0 Å². The van der Waals surface area contributed by atoms with E-state index in [-0.39, 0.29) is 11.9 Å². The van der Waals surface area contributed by atoms with E-state index >= 15 is 0 Å². The lowest BCUT2D eigenvalue weighted by molar-refractivity contribution is -0.211. The number of hydrogen-bond donors (Lipinski definition) is 5. The van der Waals surface area contributed by atoms with Crippen LogP contribution >= 0.6 is 11.8 Å². The van der Waals surface area contributed by atoms with E-state index in [4.69, 9.17) is 4.74 Å². The zero-order valence-electron chi connectivity index (χ0n) is 16.5. The van der Waals surface area contributed by atoms with Gasteiger partial charge in [0, 0.05) is 6.54 Å². The van der Waals surface area contributed by atoms with E-state index < -0.39 is 42.0 Å². The molecule has 0 aromatic carbocycles. The molecule has 2 saturated heterocycles. The Morgan fingerprint density at radius 3 is 2.52 bits per heavy atom. The Morgan fingerprint density at radius 2 is 1.96 bits per heavy atom. The number of carbonyl (C=O) groups is 1. The van der Waals surface area contributed by atoms with Crippen LogP contribution in [0.1, 0.15) is 33.1 Å². The van der Waals surface area contributed by atoms with Gasteiger partial charge in [-0.05, 0) is 39.0 Å². The van der Waals surface area contributed by atoms with Gasteiger partial charge in [-0.3, -0.25) is 9.69 Å². The Balaban J connectivity index is 2.09. The number of likely N-dealkylation sites (N-methyl/N-ethyl adjacent to an activating group) is 1. The third-order valence-corrected chi connectivity index (χ3v) is 6.51. The number of carbonyl (C=O) groups excluding carboxylic acids is 1. The molecule has 0 aromatic rings. The second-order valence-electron chi connectivity index (χ2n) is 7.80. The number of nitrogens with one attached hydrogen (secondary N) is 1. The number of likely N-dealkylation sites (tertiary alicyclic amines) is 1. The number of aliphatic hydroxyl groups excluding tert-OH is 4. The first kappa shape index (κ1) is 22.9. The second-order valence-corrected chi connectivity index (χ2v) is 8.73. The van der Waals surface area contributed by atoms with Gasteiger partial charge in [0.05, 0.1) is 18.2 Å². The smallest absolute Gasteiger partial charge is 0.237 e. The van der Waals surface area contributed by atoms with Gasteiger partial charge < -0.3 is 30.5 Å². The Kier molecular flexibility index (Phi) is 8.35. The van der Waals surface area contributed by atoms with E-state index in [0.717, 1.165) is 25.8 Å². The number of amides is 1. The molecular weight excluding hydrogens is 372 g/mol. The molecule has 0 bridgehead atoms. The molecule has 1 amide bonds. The Bertz CT molecular complexity index is 494. The molecule has 2 fully saturated rings. The van der Waals surface area contributed by atoms with Crippen molar-refractivity contribution in [2.75, 3.05) is 19.8 Å². The van der Waals surface area contributed by atoms with Crippen LogP contribution in [0.25, 0.3) is 0 Å². The molecule has 1 unspecified atom stereocenters. The third-order valence-electron chi connectivity index (χ3n) is 5.66. The van der Waals surface area contributed by atoms with Gasteiger partial charge in [0.2, 0.25) is 5.91 Å². The number of ether oxygens (including phenoxy) is 1. The highest BCUT2D eigenvalue weighted by Gasteiger charge is 2.48. The van der Waals surface area contributed by atoms with E-state index in [1.807, 2.05) is 11.9 Å². The predicted molar refractivity (Wildman–Crippen MR) is 103 cm³/mol. The van der Waals surface area contributed by atoms with Crippen molar-refractivity contribution < 1.29 is 30.0 Å². The summed E-state index contributed by atoms with van der Waals surface area (Å²) >= 11 is 1.20. The first-order chi connectivity index (χ1) is 12.7. The van der Waals surface area contributed by atoms with Crippen LogP contribution < -0.4 is 5.32 Å². The lowest BCUT2D eigenvalue weighted by Gasteiger charge is -2.44. The topological polar surface area (TPSA) is 122 Å². The fraction of sp³-hybridized carbons (Fsp3) is 0.944. The summed E-state index contributed by atoms with van der Waals surface area (Å²) in [6, 6.07) is -1.20. The summed E-state index contributed by atoms with van der Waals surface area (Å²) in [5, 5.41) is 43.5. The molecule has 158 valence electrons. The van der Waals surface area contributed by atoms with Crippen LogP contribution in [0, 0.1) is 5.92 Å². The molecule has 0 aromatic heterocycles. The summed E-state index contributed by atoms with van der Waals surface area (Å²) in [6.45, 7) is 4.48. The molecule has 0 radical (unpaired) electrons. The van der Waals surface area contributed by atoms with Gasteiger partial charge in [0.1, 0.15) is 29.9 Å². The van der Waals surface area contributed by atoms with Crippen LogP contribution in [0.4, 0.5) is 0 Å². The maximum atomic E-state index is 12.8. The van der Waals surface area contributed by atoms with Crippen LogP contribution in [-0.4, -0.2) is 99.1 Å². The van der Waals surface area contributed by atoms with Gasteiger partial charge in [-0.25, -0.2) is 0 Å². The molecule has 0 aliphatic carbocycles. The lowest BCUT2D eigenvalue weighted by atomic mass is 9.92. The monoisotopic (exact) mass is 406 g/mol. The van der Waals surface area contributed by atoms with E-state index in [0.29, 0.717) is 5.92 Å². The summed E-state index contributed by atoms with van der Waals surface area (Å²) in [6.07, 6.45) is -1.50. The third kappa shape index (κ3) is 5.14. The standard InChI is InChI=1S/C18H34N2O6S/c1-5-6-10-7-11(20(3)8-10)17(25)19-12(9(2)21)16-14(23)13(22)15(24)18(26-16)27-4/h9-16,18,21-24H,5-8H2,1-4H3,(H,19,25)/t9-,10-,11+,12-,13+,14-,15-,16?,18-/m1/s1. The van der Waals surface area contributed by atoms with Crippen molar-refractivity contribution in [3.8, 4) is 0 Å². The molecule has 5 N–H and O–H groups in total. The summed E-state index contributed by atoms with van der Waals surface area (Å²) in [7, 11) is 1.91. The van der Waals surface area contributed by atoms with Crippen molar-refractivity contribution in [2.45, 2.75) is 81.1 Å². The quantitative estimate of drug-likeness (QED) is 0.370. The fourth-order valence-electron chi connectivity index (χ4n) is 4.13. The molecule has 9 heteroatoms. The van der Waals surface area contributed by atoms with E-state index in [1.54, 1.807) is 6.26 Å². The number of thioether (sulfide) groups is 1. The van der Waals surface area contributed by atoms with Gasteiger partial charge in [-0.2, -0.15) is 0 Å². The molecule has 0 saturated carbocycles. The van der Waals surface area contributed by atoms with E-state index in [2.05, 4.69) is 12.2 Å². The van der Waals surface area contributed by atoms with Gasteiger partial charge >= 0.3 is 0 Å². The van der Waals surface area contributed by atoms with Crippen molar-refractivity contribution in [1.29, 1.82) is 0 Å². The second kappa shape index (κ2) is 9.87. The number of aliphatic hydroxyl groups is 4. The first-order valence-electron chi connectivity index (χ1n) is 9.62. The molecule has 2 heterocycles. The van der Waals surface area contributed by atoms with Crippen molar-refractivity contribution in [1.82, 2.24) is 10.2 Å². The molecule has 0 spiro atoms. The summed E-state index contributed by atoms with van der Waals surface area (Å²) < 4.78 is 5.72. The number of rotatable bonds is 7. The van der Waals surface area contributed by atoms with E-state index in [1.165, 1.54) is 18.7 Å². The molecule has 2 aliphatic heterocycles. The first-order valence-corrected chi connectivity index (χ1v) is 10.9. The molecule has 2 rings (SSSR count). The van der Waals surface area contributed by atoms with Crippen LogP contribution in [0.15, 0.2) is 0 Å². The molecular formula is C18H34N2O6S. The van der Waals surface area contributed by atoms with Crippen molar-refractivity contribution >= 4 is 17.7 Å². The Labute approximate surface area is 165 Å². The van der Waals surface area contributed by atoms with Gasteiger partial charge in [0.15, 0.2) is 0 Å². The van der Waals surface area contributed by atoms with Gasteiger partial charge in [-0.15, -0.1) is 11.8 Å². The highest BCUT2D eigenvalue weighted by atomic mass is 32.2. The van der Waals surface area contributed by atoms with Crippen molar-refractivity contribution in [3.05, 3.63) is 0 Å². The molecule has 2 aliphatic rings. The summed E-state index contributed by atoms with van der Waals surface area (Å²) in [5.41, 5.74) is -0.755. The maximum Gasteiger partial charge on any atom is 0.237 e. The largest absolute Gasteiger partial charge is 0.391 e. The van der Waals surface area contributed by atoms with Crippen LogP contribution in [0.5, 0.6) is 0 Å². The van der Waals surface area contributed by atoms with Crippen molar-refractivity contribution in [2.24, 2.45) is 5.92 Å². The normalized spacial score (nSPS) is 39.9. The van der Waals surface area contributed by atoms with Gasteiger partial charge in [0.25, 0.3) is 0 Å². The predicted octanol–water partition coefficient (Wildman–Crippen LogP) is -0.857. The highest BCUT2D eigenvalue weighted by Crippen LogP contribution is 2.30. The summed E-state index contributed by atoms with van der Waals surface area (Å²) in [5.74, 6) is 0.245. The van der Waals surface area contributed by atoms with Crippen LogP contribution in [0.3, 0.4) is 0 Å². The molecule has 27 heavy (non-hydrogen) atoms. The minimum atomic E-state index is -1.42. The lowest BCUT2D eigenvalue weighted by Crippen LogP contribution is -2.65. The van der Waals surface area contributed by atoms with Crippen LogP contribution in [-0.2, 0) is 9.53 Å². The number of hydrogen-bond acceptors (Lipinski definition) is 8.